The molecule has 0 spiro atoms. The van der Waals surface area contributed by atoms with Gasteiger partial charge in [0.1, 0.15) is 5.75 Å². The number of hydrogen-bond acceptors (Lipinski definition) is 6. The summed E-state index contributed by atoms with van der Waals surface area (Å²) in [6.45, 7) is 6.35. The number of aliphatic hydroxyl groups is 1. The van der Waals surface area contributed by atoms with Crippen molar-refractivity contribution in [1.82, 2.24) is 0 Å². The molecular formula is C23H36O6. The molecule has 2 aliphatic heterocycles. The molecular weight excluding hydrogens is 372 g/mol. The molecule has 1 N–H and O–H groups in total. The minimum Gasteiger partial charge on any atom is -0.497 e. The molecule has 0 bridgehead atoms. The third-order valence-corrected chi connectivity index (χ3v) is 6.29. The Hall–Kier alpha value is -1.18. The lowest BCUT2D eigenvalue weighted by molar-refractivity contribution is -0.288. The van der Waals surface area contributed by atoms with Crippen molar-refractivity contribution in [3.8, 4) is 5.75 Å². The van der Waals surface area contributed by atoms with Gasteiger partial charge in [0.15, 0.2) is 6.29 Å². The van der Waals surface area contributed by atoms with E-state index < -0.39 is 6.29 Å². The third kappa shape index (κ3) is 5.50. The quantitative estimate of drug-likeness (QED) is 0.742. The molecule has 2 fully saturated rings. The van der Waals surface area contributed by atoms with Gasteiger partial charge in [-0.3, -0.25) is 0 Å². The van der Waals surface area contributed by atoms with E-state index >= 15 is 0 Å². The van der Waals surface area contributed by atoms with E-state index in [9.17, 15) is 5.11 Å². The number of rotatable bonds is 7. The smallest absolute Gasteiger partial charge is 0.184 e. The maximum atomic E-state index is 9.76. The lowest BCUT2D eigenvalue weighted by Crippen LogP contribution is -2.48. The summed E-state index contributed by atoms with van der Waals surface area (Å²) < 4.78 is 29.8. The number of ether oxygens (including phenoxy) is 5. The molecule has 3 rings (SSSR count). The lowest BCUT2D eigenvalue weighted by Gasteiger charge is -2.45. The highest BCUT2D eigenvalue weighted by Gasteiger charge is 2.41. The van der Waals surface area contributed by atoms with E-state index in [1.165, 1.54) is 0 Å². The Kier molecular flexibility index (Phi) is 7.93. The molecule has 1 unspecified atom stereocenters. The van der Waals surface area contributed by atoms with Gasteiger partial charge < -0.3 is 28.8 Å². The summed E-state index contributed by atoms with van der Waals surface area (Å²) >= 11 is 0. The summed E-state index contributed by atoms with van der Waals surface area (Å²) in [6, 6.07) is 7.76. The van der Waals surface area contributed by atoms with Gasteiger partial charge in [0.05, 0.1) is 37.6 Å². The molecule has 6 nitrogen and oxygen atoms in total. The summed E-state index contributed by atoms with van der Waals surface area (Å²) in [7, 11) is 3.42. The van der Waals surface area contributed by atoms with Gasteiger partial charge in [-0.1, -0.05) is 26.0 Å². The van der Waals surface area contributed by atoms with Crippen molar-refractivity contribution < 1.29 is 28.8 Å². The van der Waals surface area contributed by atoms with E-state index in [4.69, 9.17) is 23.7 Å². The van der Waals surface area contributed by atoms with E-state index in [0.717, 1.165) is 30.6 Å². The Bertz CT molecular complexity index is 620. The fourth-order valence-corrected chi connectivity index (χ4v) is 4.54. The van der Waals surface area contributed by atoms with Crippen LogP contribution >= 0.6 is 0 Å². The highest BCUT2D eigenvalue weighted by molar-refractivity contribution is 5.28. The summed E-state index contributed by atoms with van der Waals surface area (Å²) in [5.74, 6) is 0.966. The van der Waals surface area contributed by atoms with E-state index in [-0.39, 0.29) is 49.0 Å². The van der Waals surface area contributed by atoms with Crippen molar-refractivity contribution in [2.75, 3.05) is 20.8 Å². The largest absolute Gasteiger partial charge is 0.497 e. The predicted molar refractivity (Wildman–Crippen MR) is 110 cm³/mol. The van der Waals surface area contributed by atoms with Gasteiger partial charge in [0.2, 0.25) is 0 Å². The second-order valence-corrected chi connectivity index (χ2v) is 8.53. The van der Waals surface area contributed by atoms with Crippen LogP contribution in [-0.2, 0) is 18.9 Å². The van der Waals surface area contributed by atoms with Crippen LogP contribution in [0.5, 0.6) is 5.75 Å². The monoisotopic (exact) mass is 408 g/mol. The first kappa shape index (κ1) is 22.5. The van der Waals surface area contributed by atoms with Gasteiger partial charge in [0, 0.05) is 37.5 Å². The average Bonchev–Trinajstić information content (AvgIpc) is 2.74. The highest BCUT2D eigenvalue weighted by Crippen LogP contribution is 2.39. The van der Waals surface area contributed by atoms with Crippen LogP contribution in [0.3, 0.4) is 0 Å². The second-order valence-electron chi connectivity index (χ2n) is 8.53. The van der Waals surface area contributed by atoms with Gasteiger partial charge in [0.25, 0.3) is 0 Å². The number of methoxy groups -OCH3 is 2. The molecule has 2 aliphatic rings. The molecule has 8 atom stereocenters. The van der Waals surface area contributed by atoms with Gasteiger partial charge >= 0.3 is 0 Å². The zero-order chi connectivity index (χ0) is 21.0. The fraction of sp³-hybridized carbons (Fsp3) is 0.739. The molecule has 164 valence electrons. The van der Waals surface area contributed by atoms with Gasteiger partial charge in [-0.2, -0.15) is 0 Å². The second kappa shape index (κ2) is 10.2. The Morgan fingerprint density at radius 1 is 1.07 bits per heavy atom. The molecule has 0 radical (unpaired) electrons. The summed E-state index contributed by atoms with van der Waals surface area (Å²) in [5.41, 5.74) is 0.950. The Balaban J connectivity index is 1.76. The van der Waals surface area contributed by atoms with Crippen LogP contribution in [-0.4, -0.2) is 56.5 Å². The SMILES string of the molecule is COc1ccc(C2O[C@H]([C@H](C)CO)[C@@H](C)[C@@H](C[C@H]3C[C@H](OC)C[C@H](C)O3)O2)cc1. The Labute approximate surface area is 174 Å². The summed E-state index contributed by atoms with van der Waals surface area (Å²) in [5, 5.41) is 9.76. The molecule has 1 aromatic rings. The maximum Gasteiger partial charge on any atom is 0.184 e. The van der Waals surface area contributed by atoms with Crippen LogP contribution in [0.2, 0.25) is 0 Å². The minimum absolute atomic E-state index is 0.0232. The zero-order valence-corrected chi connectivity index (χ0v) is 18.2. The van der Waals surface area contributed by atoms with Crippen molar-refractivity contribution in [2.45, 2.75) is 76.8 Å². The van der Waals surface area contributed by atoms with Gasteiger partial charge in [-0.15, -0.1) is 0 Å². The molecule has 1 aromatic carbocycles. The molecule has 0 amide bonds. The molecule has 29 heavy (non-hydrogen) atoms. The molecule has 0 aliphatic carbocycles. The van der Waals surface area contributed by atoms with Crippen LogP contribution in [0.1, 0.15) is 51.9 Å². The summed E-state index contributed by atoms with van der Waals surface area (Å²) in [6.07, 6.45) is 2.50. The van der Waals surface area contributed by atoms with Crippen LogP contribution in [0.15, 0.2) is 24.3 Å². The van der Waals surface area contributed by atoms with Crippen molar-refractivity contribution in [3.05, 3.63) is 29.8 Å². The Morgan fingerprint density at radius 2 is 1.79 bits per heavy atom. The highest BCUT2D eigenvalue weighted by atomic mass is 16.7. The van der Waals surface area contributed by atoms with Crippen LogP contribution in [0.4, 0.5) is 0 Å². The van der Waals surface area contributed by atoms with Crippen molar-refractivity contribution in [2.24, 2.45) is 11.8 Å². The number of benzene rings is 1. The molecule has 0 saturated carbocycles. The van der Waals surface area contributed by atoms with E-state index in [0.29, 0.717) is 0 Å². The average molecular weight is 409 g/mol. The van der Waals surface area contributed by atoms with E-state index in [1.807, 2.05) is 31.2 Å². The first-order valence-corrected chi connectivity index (χ1v) is 10.7. The molecule has 2 heterocycles. The maximum absolute atomic E-state index is 9.76. The molecule has 2 saturated heterocycles. The first-order valence-electron chi connectivity index (χ1n) is 10.7. The summed E-state index contributed by atoms with van der Waals surface area (Å²) in [4.78, 5) is 0. The van der Waals surface area contributed by atoms with Crippen LogP contribution < -0.4 is 4.74 Å². The van der Waals surface area contributed by atoms with E-state index in [1.54, 1.807) is 14.2 Å². The zero-order valence-electron chi connectivity index (χ0n) is 18.2. The van der Waals surface area contributed by atoms with Gasteiger partial charge in [-0.05, 0) is 31.9 Å². The van der Waals surface area contributed by atoms with Gasteiger partial charge in [-0.25, -0.2) is 0 Å². The minimum atomic E-state index is -0.472. The molecule has 0 aromatic heterocycles. The number of aliphatic hydroxyl groups excluding tert-OH is 1. The van der Waals surface area contributed by atoms with Crippen molar-refractivity contribution >= 4 is 0 Å². The Morgan fingerprint density at radius 3 is 2.41 bits per heavy atom. The van der Waals surface area contributed by atoms with Crippen LogP contribution in [0, 0.1) is 11.8 Å². The van der Waals surface area contributed by atoms with E-state index in [2.05, 4.69) is 13.8 Å². The topological polar surface area (TPSA) is 66.4 Å². The fourth-order valence-electron chi connectivity index (χ4n) is 4.54. The van der Waals surface area contributed by atoms with Crippen molar-refractivity contribution in [1.29, 1.82) is 0 Å². The number of hydrogen-bond donors (Lipinski definition) is 1. The van der Waals surface area contributed by atoms with Crippen molar-refractivity contribution in [3.63, 3.8) is 0 Å². The third-order valence-electron chi connectivity index (χ3n) is 6.29. The first-order chi connectivity index (χ1) is 13.9. The predicted octanol–water partition coefficient (Wildman–Crippen LogP) is 3.71. The standard InChI is InChI=1S/C23H36O6/c1-14(13-24)22-16(3)21(12-20-11-19(26-5)10-15(2)27-20)28-23(29-22)17-6-8-18(25-4)9-7-17/h6-9,14-16,19-24H,10-13H2,1-5H3/t14-,15+,16+,19-,20-,21-,22-,23?/m1/s1. The molecule has 6 heteroatoms. The van der Waals surface area contributed by atoms with Crippen LogP contribution in [0.25, 0.3) is 0 Å². The lowest BCUT2D eigenvalue weighted by atomic mass is 9.84. The normalized spacial score (nSPS) is 36.6.